The highest BCUT2D eigenvalue weighted by Crippen LogP contribution is 2.29. The molecule has 5 heteroatoms. The lowest BCUT2D eigenvalue weighted by molar-refractivity contribution is -0.0211. The molecule has 0 spiro atoms. The molecule has 15 heavy (non-hydrogen) atoms. The maximum Gasteiger partial charge on any atom is 0.348 e. The summed E-state index contributed by atoms with van der Waals surface area (Å²) in [6, 6.07) is 6.79. The smallest absolute Gasteiger partial charge is 0.261 e. The number of hydroxylamine groups is 1. The van der Waals surface area contributed by atoms with Crippen molar-refractivity contribution in [2.24, 2.45) is 0 Å². The second kappa shape index (κ2) is 3.40. The number of anilines is 1. The highest BCUT2D eigenvalue weighted by Gasteiger charge is 2.40. The number of benzene rings is 1. The van der Waals surface area contributed by atoms with Crippen molar-refractivity contribution in [1.82, 2.24) is 5.48 Å². The van der Waals surface area contributed by atoms with Crippen LogP contribution >= 0.6 is 11.6 Å². The van der Waals surface area contributed by atoms with Crippen LogP contribution in [0.3, 0.4) is 0 Å². The van der Waals surface area contributed by atoms with Crippen LogP contribution < -0.4 is 10.4 Å². The number of nitrogens with one attached hydrogen (secondary N) is 1. The number of nitrogens with zero attached hydrogens (tertiary/aromatic N) is 1. The van der Waals surface area contributed by atoms with Crippen LogP contribution in [0.15, 0.2) is 24.3 Å². The summed E-state index contributed by atoms with van der Waals surface area (Å²) >= 11 is 5.86. The molecular weight excluding hydrogens is 216 g/mol. The van der Waals surface area contributed by atoms with Gasteiger partial charge in [0, 0.05) is 10.7 Å². The summed E-state index contributed by atoms with van der Waals surface area (Å²) in [5, 5.41) is 0.586. The zero-order chi connectivity index (χ0) is 11.1. The number of carbonyl (C=O) groups is 1. The SMILES string of the molecule is CC1(C)ONC(=O)N1c1cccc(Cl)c1. The third-order valence-electron chi connectivity index (χ3n) is 2.20. The van der Waals surface area contributed by atoms with Gasteiger partial charge in [-0.25, -0.2) is 15.1 Å². The van der Waals surface area contributed by atoms with Crippen molar-refractivity contribution in [3.8, 4) is 0 Å². The molecule has 0 bridgehead atoms. The summed E-state index contributed by atoms with van der Waals surface area (Å²) in [5.74, 6) is 0. The summed E-state index contributed by atoms with van der Waals surface area (Å²) in [6.45, 7) is 3.59. The van der Waals surface area contributed by atoms with Crippen molar-refractivity contribution in [2.45, 2.75) is 19.6 Å². The first kappa shape index (κ1) is 10.3. The van der Waals surface area contributed by atoms with Crippen molar-refractivity contribution in [3.05, 3.63) is 29.3 Å². The number of halogens is 1. The molecular formula is C10H11ClN2O2. The number of hydrogen-bond acceptors (Lipinski definition) is 2. The van der Waals surface area contributed by atoms with Crippen LogP contribution in [-0.4, -0.2) is 11.8 Å². The number of hydrogen-bond donors (Lipinski definition) is 1. The molecule has 0 saturated carbocycles. The Hall–Kier alpha value is -1.26. The Labute approximate surface area is 92.7 Å². The summed E-state index contributed by atoms with van der Waals surface area (Å²) in [4.78, 5) is 18.2. The van der Waals surface area contributed by atoms with E-state index in [1.165, 1.54) is 4.90 Å². The van der Waals surface area contributed by atoms with Crippen LogP contribution in [0.25, 0.3) is 0 Å². The largest absolute Gasteiger partial charge is 0.348 e. The minimum atomic E-state index is -0.707. The monoisotopic (exact) mass is 226 g/mol. The van der Waals surface area contributed by atoms with E-state index < -0.39 is 5.72 Å². The van der Waals surface area contributed by atoms with Crippen LogP contribution in [0.2, 0.25) is 5.02 Å². The van der Waals surface area contributed by atoms with Crippen LogP contribution in [0.5, 0.6) is 0 Å². The highest BCUT2D eigenvalue weighted by molar-refractivity contribution is 6.30. The van der Waals surface area contributed by atoms with E-state index in [4.69, 9.17) is 16.4 Å². The van der Waals surface area contributed by atoms with E-state index >= 15 is 0 Å². The molecule has 0 aliphatic carbocycles. The Balaban J connectivity index is 2.41. The zero-order valence-corrected chi connectivity index (χ0v) is 9.21. The Morgan fingerprint density at radius 3 is 2.73 bits per heavy atom. The molecule has 1 aromatic carbocycles. The molecule has 1 aromatic rings. The maximum atomic E-state index is 11.5. The van der Waals surface area contributed by atoms with Crippen molar-refractivity contribution in [1.29, 1.82) is 0 Å². The Kier molecular flexibility index (Phi) is 2.32. The number of rotatable bonds is 1. The van der Waals surface area contributed by atoms with Crippen LogP contribution in [0.4, 0.5) is 10.5 Å². The van der Waals surface area contributed by atoms with E-state index in [0.29, 0.717) is 10.7 Å². The fourth-order valence-electron chi connectivity index (χ4n) is 1.55. The topological polar surface area (TPSA) is 41.6 Å². The number of amides is 2. The van der Waals surface area contributed by atoms with Crippen molar-refractivity contribution in [3.63, 3.8) is 0 Å². The maximum absolute atomic E-state index is 11.5. The standard InChI is InChI=1S/C10H11ClN2O2/c1-10(2)13(9(14)12-15-10)8-5-3-4-7(11)6-8/h3-6H,1-2H3,(H,12,14). The van der Waals surface area contributed by atoms with Gasteiger partial charge in [-0.15, -0.1) is 0 Å². The minimum Gasteiger partial charge on any atom is -0.261 e. The van der Waals surface area contributed by atoms with Gasteiger partial charge in [-0.3, -0.25) is 4.90 Å². The third kappa shape index (κ3) is 1.78. The Morgan fingerprint density at radius 1 is 1.47 bits per heavy atom. The predicted octanol–water partition coefficient (Wildman–Crippen LogP) is 2.54. The van der Waals surface area contributed by atoms with E-state index in [2.05, 4.69) is 5.48 Å². The van der Waals surface area contributed by atoms with Gasteiger partial charge in [0.05, 0.1) is 0 Å². The van der Waals surface area contributed by atoms with Crippen molar-refractivity contribution >= 4 is 23.3 Å². The summed E-state index contributed by atoms with van der Waals surface area (Å²) in [7, 11) is 0. The summed E-state index contributed by atoms with van der Waals surface area (Å²) in [5.41, 5.74) is 2.33. The molecule has 0 radical (unpaired) electrons. The lowest BCUT2D eigenvalue weighted by Crippen LogP contribution is -2.41. The second-order valence-electron chi connectivity index (χ2n) is 3.77. The quantitative estimate of drug-likeness (QED) is 0.800. The average Bonchev–Trinajstić information content (AvgIpc) is 2.40. The predicted molar refractivity (Wildman–Crippen MR) is 57.6 cm³/mol. The fraction of sp³-hybridized carbons (Fsp3) is 0.300. The van der Waals surface area contributed by atoms with Crippen LogP contribution in [0.1, 0.15) is 13.8 Å². The molecule has 0 aromatic heterocycles. The van der Waals surface area contributed by atoms with Gasteiger partial charge in [0.1, 0.15) is 0 Å². The normalized spacial score (nSPS) is 19.1. The first-order chi connectivity index (χ1) is 7.00. The van der Waals surface area contributed by atoms with Gasteiger partial charge in [0.15, 0.2) is 5.72 Å². The molecule has 1 aliphatic heterocycles. The van der Waals surface area contributed by atoms with Crippen LogP contribution in [-0.2, 0) is 4.84 Å². The van der Waals surface area contributed by atoms with Crippen molar-refractivity contribution < 1.29 is 9.63 Å². The molecule has 1 aliphatic rings. The molecule has 80 valence electrons. The molecule has 2 rings (SSSR count). The third-order valence-corrected chi connectivity index (χ3v) is 2.43. The molecule has 0 atom stereocenters. The summed E-state index contributed by atoms with van der Waals surface area (Å²) < 4.78 is 0. The van der Waals surface area contributed by atoms with E-state index in [1.807, 2.05) is 6.07 Å². The first-order valence-electron chi connectivity index (χ1n) is 4.54. The highest BCUT2D eigenvalue weighted by atomic mass is 35.5. The van der Waals surface area contributed by atoms with Gasteiger partial charge in [-0.05, 0) is 32.0 Å². The van der Waals surface area contributed by atoms with Gasteiger partial charge < -0.3 is 0 Å². The lowest BCUT2D eigenvalue weighted by Gasteiger charge is -2.27. The molecule has 1 heterocycles. The van der Waals surface area contributed by atoms with Gasteiger partial charge >= 0.3 is 6.03 Å². The fourth-order valence-corrected chi connectivity index (χ4v) is 1.73. The molecule has 1 fully saturated rings. The van der Waals surface area contributed by atoms with E-state index in [9.17, 15) is 4.79 Å². The Morgan fingerprint density at radius 2 is 2.20 bits per heavy atom. The number of carbonyl (C=O) groups excluding carboxylic acids is 1. The van der Waals surface area contributed by atoms with Crippen molar-refractivity contribution in [2.75, 3.05) is 4.90 Å². The zero-order valence-electron chi connectivity index (χ0n) is 8.45. The molecule has 1 saturated heterocycles. The van der Waals surface area contributed by atoms with E-state index in [0.717, 1.165) is 0 Å². The van der Waals surface area contributed by atoms with Gasteiger partial charge in [-0.1, -0.05) is 17.7 Å². The average molecular weight is 227 g/mol. The second-order valence-corrected chi connectivity index (χ2v) is 4.21. The molecule has 4 nitrogen and oxygen atoms in total. The first-order valence-corrected chi connectivity index (χ1v) is 4.92. The Bertz CT molecular complexity index is 406. The van der Waals surface area contributed by atoms with Gasteiger partial charge in [0.25, 0.3) is 0 Å². The molecule has 0 unspecified atom stereocenters. The molecule has 2 amide bonds. The van der Waals surface area contributed by atoms with E-state index in [1.54, 1.807) is 32.0 Å². The number of urea groups is 1. The van der Waals surface area contributed by atoms with Gasteiger partial charge in [0.2, 0.25) is 0 Å². The molecule has 1 N–H and O–H groups in total. The summed E-state index contributed by atoms with van der Waals surface area (Å²) in [6.07, 6.45) is 0. The van der Waals surface area contributed by atoms with Gasteiger partial charge in [-0.2, -0.15) is 0 Å². The van der Waals surface area contributed by atoms with Crippen LogP contribution in [0, 0.1) is 0 Å². The lowest BCUT2D eigenvalue weighted by atomic mass is 10.2. The minimum absolute atomic E-state index is 0.290. The van der Waals surface area contributed by atoms with E-state index in [-0.39, 0.29) is 6.03 Å².